The van der Waals surface area contributed by atoms with E-state index in [4.69, 9.17) is 11.6 Å². The van der Waals surface area contributed by atoms with Crippen LogP contribution >= 0.6 is 11.6 Å². The van der Waals surface area contributed by atoms with Gasteiger partial charge in [0.15, 0.2) is 0 Å². The molecule has 1 unspecified atom stereocenters. The van der Waals surface area contributed by atoms with Crippen LogP contribution < -0.4 is 5.32 Å². The van der Waals surface area contributed by atoms with E-state index in [9.17, 15) is 4.79 Å². The van der Waals surface area contributed by atoms with Crippen LogP contribution in [0.4, 0.5) is 0 Å². The fraction of sp³-hybridized carbons (Fsp3) is 0.154. The summed E-state index contributed by atoms with van der Waals surface area (Å²) < 4.78 is 0. The summed E-state index contributed by atoms with van der Waals surface area (Å²) in [5, 5.41) is 3.24. The van der Waals surface area contributed by atoms with Crippen molar-refractivity contribution >= 4 is 17.5 Å². The quantitative estimate of drug-likeness (QED) is 0.924. The number of aromatic nitrogens is 2. The number of hydrogen-bond acceptors (Lipinski definition) is 3. The summed E-state index contributed by atoms with van der Waals surface area (Å²) in [5.74, 6) is -0.246. The second-order valence-electron chi connectivity index (χ2n) is 3.84. The van der Waals surface area contributed by atoms with E-state index in [1.54, 1.807) is 24.7 Å². The van der Waals surface area contributed by atoms with Crippen LogP contribution in [0.15, 0.2) is 43.0 Å². The summed E-state index contributed by atoms with van der Waals surface area (Å²) in [7, 11) is 0. The van der Waals surface area contributed by atoms with Gasteiger partial charge in [0.25, 0.3) is 5.91 Å². The van der Waals surface area contributed by atoms with Crippen molar-refractivity contribution in [1.82, 2.24) is 15.3 Å². The van der Waals surface area contributed by atoms with E-state index >= 15 is 0 Å². The zero-order chi connectivity index (χ0) is 13.0. The standard InChI is InChI=1S/C13H12ClN3O/c1-9(10-3-2-5-15-7-10)17-13(18)11-8-16-6-4-12(11)14/h2-9H,1H3,(H,17,18). The Bertz CT molecular complexity index is 545. The topological polar surface area (TPSA) is 54.9 Å². The monoisotopic (exact) mass is 261 g/mol. The van der Waals surface area contributed by atoms with Crippen molar-refractivity contribution in [2.45, 2.75) is 13.0 Å². The third-order valence-corrected chi connectivity index (χ3v) is 2.87. The Morgan fingerprint density at radius 1 is 1.28 bits per heavy atom. The van der Waals surface area contributed by atoms with Crippen molar-refractivity contribution in [2.24, 2.45) is 0 Å². The maximum atomic E-state index is 12.0. The predicted octanol–water partition coefficient (Wildman–Crippen LogP) is 2.62. The zero-order valence-corrected chi connectivity index (χ0v) is 10.6. The van der Waals surface area contributed by atoms with Crippen LogP contribution in [0.5, 0.6) is 0 Å². The molecule has 0 radical (unpaired) electrons. The molecule has 92 valence electrons. The number of nitrogens with one attached hydrogen (secondary N) is 1. The van der Waals surface area contributed by atoms with Gasteiger partial charge in [0.05, 0.1) is 16.6 Å². The molecule has 2 aromatic heterocycles. The molecule has 4 nitrogen and oxygen atoms in total. The highest BCUT2D eigenvalue weighted by Gasteiger charge is 2.14. The number of halogens is 1. The largest absolute Gasteiger partial charge is 0.345 e. The summed E-state index contributed by atoms with van der Waals surface area (Å²) in [6.45, 7) is 1.89. The Balaban J connectivity index is 2.11. The van der Waals surface area contributed by atoms with Gasteiger partial charge in [-0.25, -0.2) is 0 Å². The van der Waals surface area contributed by atoms with Gasteiger partial charge in [0, 0.05) is 24.8 Å². The molecule has 1 N–H and O–H groups in total. The lowest BCUT2D eigenvalue weighted by molar-refractivity contribution is 0.0939. The van der Waals surface area contributed by atoms with Gasteiger partial charge in [-0.05, 0) is 24.6 Å². The highest BCUT2D eigenvalue weighted by Crippen LogP contribution is 2.16. The van der Waals surface area contributed by atoms with Crippen LogP contribution in [0.3, 0.4) is 0 Å². The molecule has 0 aliphatic carbocycles. The fourth-order valence-corrected chi connectivity index (χ4v) is 1.73. The van der Waals surface area contributed by atoms with Gasteiger partial charge in [0.2, 0.25) is 0 Å². The van der Waals surface area contributed by atoms with E-state index in [0.717, 1.165) is 5.56 Å². The Morgan fingerprint density at radius 3 is 2.72 bits per heavy atom. The first-order chi connectivity index (χ1) is 8.68. The van der Waals surface area contributed by atoms with E-state index in [1.165, 1.54) is 6.20 Å². The average molecular weight is 262 g/mol. The Labute approximate surface area is 110 Å². The molecule has 18 heavy (non-hydrogen) atoms. The van der Waals surface area contributed by atoms with E-state index in [0.29, 0.717) is 10.6 Å². The number of rotatable bonds is 3. The number of nitrogens with zero attached hydrogens (tertiary/aromatic N) is 2. The van der Waals surface area contributed by atoms with Crippen LogP contribution in [-0.2, 0) is 0 Å². The van der Waals surface area contributed by atoms with Crippen LogP contribution in [0.25, 0.3) is 0 Å². The van der Waals surface area contributed by atoms with E-state index in [2.05, 4.69) is 15.3 Å². The highest BCUT2D eigenvalue weighted by atomic mass is 35.5. The van der Waals surface area contributed by atoms with Crippen molar-refractivity contribution in [3.8, 4) is 0 Å². The molecule has 0 saturated heterocycles. The number of carbonyl (C=O) groups is 1. The Hall–Kier alpha value is -1.94. The normalized spacial score (nSPS) is 11.9. The van der Waals surface area contributed by atoms with Gasteiger partial charge in [-0.3, -0.25) is 14.8 Å². The highest BCUT2D eigenvalue weighted by molar-refractivity contribution is 6.33. The molecule has 1 amide bonds. The van der Waals surface area contributed by atoms with Gasteiger partial charge in [-0.15, -0.1) is 0 Å². The molecule has 2 heterocycles. The van der Waals surface area contributed by atoms with Gasteiger partial charge >= 0.3 is 0 Å². The summed E-state index contributed by atoms with van der Waals surface area (Å²) in [4.78, 5) is 19.9. The zero-order valence-electron chi connectivity index (χ0n) is 9.80. The maximum Gasteiger partial charge on any atom is 0.254 e. The molecule has 5 heteroatoms. The molecular formula is C13H12ClN3O. The van der Waals surface area contributed by atoms with E-state index in [1.807, 2.05) is 19.1 Å². The van der Waals surface area contributed by atoms with Crippen molar-refractivity contribution < 1.29 is 4.79 Å². The number of hydrogen-bond donors (Lipinski definition) is 1. The van der Waals surface area contributed by atoms with E-state index < -0.39 is 0 Å². The predicted molar refractivity (Wildman–Crippen MR) is 69.4 cm³/mol. The van der Waals surface area contributed by atoms with Crippen molar-refractivity contribution in [2.75, 3.05) is 0 Å². The molecule has 0 aliphatic rings. The summed E-state index contributed by atoms with van der Waals surface area (Å²) in [5.41, 5.74) is 1.31. The Morgan fingerprint density at radius 2 is 2.06 bits per heavy atom. The first kappa shape index (κ1) is 12.5. The third kappa shape index (κ3) is 2.84. The molecule has 0 saturated carbocycles. The van der Waals surface area contributed by atoms with Crippen LogP contribution in [0, 0.1) is 0 Å². The number of amides is 1. The first-order valence-corrected chi connectivity index (χ1v) is 5.86. The van der Waals surface area contributed by atoms with E-state index in [-0.39, 0.29) is 11.9 Å². The van der Waals surface area contributed by atoms with Gasteiger partial charge < -0.3 is 5.32 Å². The molecule has 0 fully saturated rings. The minimum absolute atomic E-state index is 0.137. The molecule has 0 aromatic carbocycles. The molecule has 2 rings (SSSR count). The van der Waals surface area contributed by atoms with Crippen LogP contribution in [-0.4, -0.2) is 15.9 Å². The lowest BCUT2D eigenvalue weighted by Gasteiger charge is -2.14. The van der Waals surface area contributed by atoms with Crippen LogP contribution in [0.1, 0.15) is 28.9 Å². The molecule has 0 spiro atoms. The second-order valence-corrected chi connectivity index (χ2v) is 4.24. The second kappa shape index (κ2) is 5.60. The molecule has 1 atom stereocenters. The number of pyridine rings is 2. The minimum Gasteiger partial charge on any atom is -0.345 e. The molecule has 0 bridgehead atoms. The SMILES string of the molecule is CC(NC(=O)c1cnccc1Cl)c1cccnc1. The van der Waals surface area contributed by atoms with Crippen LogP contribution in [0.2, 0.25) is 5.02 Å². The lowest BCUT2D eigenvalue weighted by Crippen LogP contribution is -2.27. The summed E-state index contributed by atoms with van der Waals surface area (Å²) in [6, 6.07) is 5.19. The lowest BCUT2D eigenvalue weighted by atomic mass is 10.1. The van der Waals surface area contributed by atoms with Gasteiger partial charge in [0.1, 0.15) is 0 Å². The third-order valence-electron chi connectivity index (χ3n) is 2.54. The maximum absolute atomic E-state index is 12.0. The number of carbonyl (C=O) groups excluding carboxylic acids is 1. The summed E-state index contributed by atoms with van der Waals surface area (Å²) in [6.07, 6.45) is 6.41. The minimum atomic E-state index is -0.246. The fourth-order valence-electron chi connectivity index (χ4n) is 1.53. The smallest absolute Gasteiger partial charge is 0.254 e. The van der Waals surface area contributed by atoms with Crippen molar-refractivity contribution in [3.63, 3.8) is 0 Å². The average Bonchev–Trinajstić information content (AvgIpc) is 2.40. The van der Waals surface area contributed by atoms with Gasteiger partial charge in [-0.2, -0.15) is 0 Å². The summed E-state index contributed by atoms with van der Waals surface area (Å²) >= 11 is 5.94. The first-order valence-electron chi connectivity index (χ1n) is 5.49. The van der Waals surface area contributed by atoms with Crippen molar-refractivity contribution in [3.05, 3.63) is 59.1 Å². The molecular weight excluding hydrogens is 250 g/mol. The van der Waals surface area contributed by atoms with Gasteiger partial charge in [-0.1, -0.05) is 17.7 Å². The Kier molecular flexibility index (Phi) is 3.89. The molecule has 0 aliphatic heterocycles. The van der Waals surface area contributed by atoms with Crippen molar-refractivity contribution in [1.29, 1.82) is 0 Å². The molecule has 2 aromatic rings.